The van der Waals surface area contributed by atoms with Crippen LogP contribution in [0.25, 0.3) is 11.1 Å². The molecule has 0 aromatic heterocycles. The van der Waals surface area contributed by atoms with Crippen LogP contribution in [0.15, 0.2) is 48.5 Å². The average Bonchev–Trinajstić information content (AvgIpc) is 2.48. The van der Waals surface area contributed by atoms with Crippen molar-refractivity contribution in [3.05, 3.63) is 59.7 Å². The van der Waals surface area contributed by atoms with E-state index in [2.05, 4.69) is 19.1 Å². The zero-order valence-electron chi connectivity index (χ0n) is 11.9. The molecule has 0 bridgehead atoms. The van der Waals surface area contributed by atoms with E-state index < -0.39 is 0 Å². The van der Waals surface area contributed by atoms with Gasteiger partial charge in [-0.1, -0.05) is 56.2 Å². The molecule has 2 aromatic rings. The van der Waals surface area contributed by atoms with E-state index >= 15 is 0 Å². The third kappa shape index (κ3) is 3.47. The molecule has 0 aliphatic rings. The molecule has 1 amide bonds. The molecule has 0 spiro atoms. The Kier molecular flexibility index (Phi) is 4.94. The second-order valence-corrected chi connectivity index (χ2v) is 5.06. The van der Waals surface area contributed by atoms with Gasteiger partial charge in [-0.25, -0.2) is 0 Å². The number of benzene rings is 2. The highest BCUT2D eigenvalue weighted by molar-refractivity contribution is 5.93. The lowest BCUT2D eigenvalue weighted by molar-refractivity contribution is 0.1000. The van der Waals surface area contributed by atoms with Crippen LogP contribution in [0.1, 0.15) is 42.1 Å². The summed E-state index contributed by atoms with van der Waals surface area (Å²) in [7, 11) is 0. The number of nitrogens with two attached hydrogens (primary N) is 1. The number of aryl methyl sites for hydroxylation is 1. The second-order valence-electron chi connectivity index (χ2n) is 5.06. The molecule has 0 aliphatic heterocycles. The Bertz CT molecular complexity index is 575. The van der Waals surface area contributed by atoms with Crippen molar-refractivity contribution >= 4 is 5.91 Å². The monoisotopic (exact) mass is 267 g/mol. The Labute approximate surface area is 120 Å². The lowest BCUT2D eigenvalue weighted by Gasteiger charge is -2.11. The van der Waals surface area contributed by atoms with Gasteiger partial charge in [0.05, 0.1) is 0 Å². The number of hydrogen-bond donors (Lipinski definition) is 1. The van der Waals surface area contributed by atoms with Crippen LogP contribution >= 0.6 is 0 Å². The van der Waals surface area contributed by atoms with Crippen molar-refractivity contribution in [1.82, 2.24) is 0 Å². The zero-order valence-corrected chi connectivity index (χ0v) is 11.9. The van der Waals surface area contributed by atoms with E-state index in [0.717, 1.165) is 12.8 Å². The minimum atomic E-state index is -0.360. The minimum Gasteiger partial charge on any atom is -0.366 e. The van der Waals surface area contributed by atoms with Gasteiger partial charge in [0.15, 0.2) is 0 Å². The summed E-state index contributed by atoms with van der Waals surface area (Å²) in [6.07, 6.45) is 4.52. The van der Waals surface area contributed by atoms with Gasteiger partial charge in [-0.2, -0.15) is 0 Å². The molecule has 0 fully saturated rings. The molecule has 0 atom stereocenters. The number of unbranched alkanes of at least 4 members (excludes halogenated alkanes) is 2. The van der Waals surface area contributed by atoms with E-state index in [4.69, 9.17) is 5.73 Å². The molecule has 2 aromatic carbocycles. The topological polar surface area (TPSA) is 43.1 Å². The van der Waals surface area contributed by atoms with Crippen LogP contribution < -0.4 is 5.73 Å². The highest BCUT2D eigenvalue weighted by Crippen LogP contribution is 2.26. The molecule has 0 heterocycles. The Balaban J connectivity index is 2.37. The maximum Gasteiger partial charge on any atom is 0.248 e. The van der Waals surface area contributed by atoms with Crippen molar-refractivity contribution in [1.29, 1.82) is 0 Å². The van der Waals surface area contributed by atoms with Crippen LogP contribution in [0, 0.1) is 0 Å². The lowest BCUT2D eigenvalue weighted by Crippen LogP contribution is -2.11. The molecule has 20 heavy (non-hydrogen) atoms. The molecule has 104 valence electrons. The summed E-state index contributed by atoms with van der Waals surface area (Å²) in [5.41, 5.74) is 9.58. The number of primary amides is 1. The Morgan fingerprint density at radius 3 is 2.45 bits per heavy atom. The summed E-state index contributed by atoms with van der Waals surface area (Å²) in [6.45, 7) is 2.19. The van der Waals surface area contributed by atoms with E-state index in [1.807, 2.05) is 36.4 Å². The van der Waals surface area contributed by atoms with Crippen molar-refractivity contribution in [2.75, 3.05) is 0 Å². The number of carbonyl (C=O) groups is 1. The molecular formula is C18H21NO. The van der Waals surface area contributed by atoms with E-state index in [1.54, 1.807) is 0 Å². The predicted molar refractivity (Wildman–Crippen MR) is 83.6 cm³/mol. The molecule has 0 unspecified atom stereocenters. The normalized spacial score (nSPS) is 10.4. The van der Waals surface area contributed by atoms with Crippen LogP contribution in [0.5, 0.6) is 0 Å². The first-order valence-electron chi connectivity index (χ1n) is 7.20. The van der Waals surface area contributed by atoms with Crippen molar-refractivity contribution in [3.8, 4) is 11.1 Å². The first-order chi connectivity index (χ1) is 9.72. The quantitative estimate of drug-likeness (QED) is 0.784. The molecule has 2 N–H and O–H groups in total. The summed E-state index contributed by atoms with van der Waals surface area (Å²) in [5, 5.41) is 0. The van der Waals surface area contributed by atoms with Gasteiger partial charge >= 0.3 is 0 Å². The van der Waals surface area contributed by atoms with Crippen LogP contribution in [0.4, 0.5) is 0 Å². The maximum atomic E-state index is 11.4. The Hall–Kier alpha value is -2.09. The van der Waals surface area contributed by atoms with E-state index in [-0.39, 0.29) is 5.91 Å². The van der Waals surface area contributed by atoms with Gasteiger partial charge in [-0.15, -0.1) is 0 Å². The van der Waals surface area contributed by atoms with Crippen LogP contribution in [0.2, 0.25) is 0 Å². The van der Waals surface area contributed by atoms with Gasteiger partial charge in [0.1, 0.15) is 0 Å². The molecule has 2 nitrogen and oxygen atoms in total. The van der Waals surface area contributed by atoms with Gasteiger partial charge in [0.2, 0.25) is 5.91 Å². The van der Waals surface area contributed by atoms with E-state index in [0.29, 0.717) is 5.56 Å². The van der Waals surface area contributed by atoms with Crippen molar-refractivity contribution in [2.24, 2.45) is 5.73 Å². The average molecular weight is 267 g/mol. The van der Waals surface area contributed by atoms with Crippen molar-refractivity contribution in [3.63, 3.8) is 0 Å². The van der Waals surface area contributed by atoms with E-state index in [9.17, 15) is 4.79 Å². The molecular weight excluding hydrogens is 246 g/mol. The Morgan fingerprint density at radius 2 is 1.80 bits per heavy atom. The zero-order chi connectivity index (χ0) is 14.4. The van der Waals surface area contributed by atoms with Gasteiger partial charge in [0.25, 0.3) is 0 Å². The highest BCUT2D eigenvalue weighted by Gasteiger charge is 2.08. The van der Waals surface area contributed by atoms with Gasteiger partial charge in [0, 0.05) is 5.56 Å². The smallest absolute Gasteiger partial charge is 0.248 e. The summed E-state index contributed by atoms with van der Waals surface area (Å²) in [6, 6.07) is 16.1. The minimum absolute atomic E-state index is 0.360. The predicted octanol–water partition coefficient (Wildman–Crippen LogP) is 4.19. The SMILES string of the molecule is CCCCCc1cc(C(N)=O)ccc1-c1ccccc1. The number of hydrogen-bond acceptors (Lipinski definition) is 1. The maximum absolute atomic E-state index is 11.4. The van der Waals surface area contributed by atoms with Gasteiger partial charge < -0.3 is 5.73 Å². The van der Waals surface area contributed by atoms with E-state index in [1.165, 1.54) is 29.5 Å². The van der Waals surface area contributed by atoms with Crippen LogP contribution in [-0.4, -0.2) is 5.91 Å². The molecule has 2 rings (SSSR count). The highest BCUT2D eigenvalue weighted by atomic mass is 16.1. The standard InChI is InChI=1S/C18H21NO/c1-2-3-5-10-15-13-16(18(19)20)11-12-17(15)14-8-6-4-7-9-14/h4,6-9,11-13H,2-3,5,10H2,1H3,(H2,19,20). The lowest BCUT2D eigenvalue weighted by atomic mass is 9.94. The second kappa shape index (κ2) is 6.90. The Morgan fingerprint density at radius 1 is 1.05 bits per heavy atom. The third-order valence-electron chi connectivity index (χ3n) is 3.52. The first kappa shape index (κ1) is 14.3. The fraction of sp³-hybridized carbons (Fsp3) is 0.278. The first-order valence-corrected chi connectivity index (χ1v) is 7.20. The summed E-state index contributed by atoms with van der Waals surface area (Å²) in [5.74, 6) is -0.360. The molecule has 0 saturated heterocycles. The largest absolute Gasteiger partial charge is 0.366 e. The molecule has 0 saturated carbocycles. The molecule has 0 radical (unpaired) electrons. The third-order valence-corrected chi connectivity index (χ3v) is 3.52. The molecule has 2 heteroatoms. The fourth-order valence-electron chi connectivity index (χ4n) is 2.42. The summed E-state index contributed by atoms with van der Waals surface area (Å²) >= 11 is 0. The number of amides is 1. The van der Waals surface area contributed by atoms with Crippen LogP contribution in [0.3, 0.4) is 0 Å². The molecule has 0 aliphatic carbocycles. The number of rotatable bonds is 6. The van der Waals surface area contributed by atoms with Gasteiger partial charge in [-0.3, -0.25) is 4.79 Å². The summed E-state index contributed by atoms with van der Waals surface area (Å²) < 4.78 is 0. The van der Waals surface area contributed by atoms with Crippen LogP contribution in [-0.2, 0) is 6.42 Å². The van der Waals surface area contributed by atoms with Crippen molar-refractivity contribution in [2.45, 2.75) is 32.6 Å². The number of carbonyl (C=O) groups excluding carboxylic acids is 1. The summed E-state index contributed by atoms with van der Waals surface area (Å²) in [4.78, 5) is 11.4. The van der Waals surface area contributed by atoms with Gasteiger partial charge in [-0.05, 0) is 41.7 Å². The fourth-order valence-corrected chi connectivity index (χ4v) is 2.42. The van der Waals surface area contributed by atoms with Crippen molar-refractivity contribution < 1.29 is 4.79 Å².